The number of rotatable bonds is 11. The average Bonchev–Trinajstić information content (AvgIpc) is 3.64. The molecule has 0 spiro atoms. The quantitative estimate of drug-likeness (QED) is 0.145. The van der Waals surface area contributed by atoms with Crippen LogP contribution in [0.3, 0.4) is 0 Å². The number of carbonyl (C=O) groups is 1. The molecule has 0 atom stereocenters. The van der Waals surface area contributed by atoms with Crippen molar-refractivity contribution in [1.29, 1.82) is 0 Å². The summed E-state index contributed by atoms with van der Waals surface area (Å²) < 4.78 is 49.2. The van der Waals surface area contributed by atoms with E-state index in [0.717, 1.165) is 28.5 Å². The van der Waals surface area contributed by atoms with Gasteiger partial charge in [-0.25, -0.2) is 4.39 Å². The second kappa shape index (κ2) is 12.5. The highest BCUT2D eigenvalue weighted by atomic mass is 19.3. The van der Waals surface area contributed by atoms with Crippen LogP contribution >= 0.6 is 0 Å². The number of pyridine rings is 1. The van der Waals surface area contributed by atoms with Crippen LogP contribution in [0.1, 0.15) is 35.0 Å². The van der Waals surface area contributed by atoms with Gasteiger partial charge in [0.05, 0.1) is 17.6 Å². The summed E-state index contributed by atoms with van der Waals surface area (Å²) in [5.41, 5.74) is 3.80. The van der Waals surface area contributed by atoms with Crippen LogP contribution in [0, 0.1) is 5.82 Å². The summed E-state index contributed by atoms with van der Waals surface area (Å²) in [5.74, 6) is -3.47. The third kappa shape index (κ3) is 6.01. The van der Waals surface area contributed by atoms with E-state index in [1.807, 2.05) is 37.3 Å². The van der Waals surface area contributed by atoms with Gasteiger partial charge in [0.15, 0.2) is 0 Å². The molecule has 216 valence electrons. The maximum atomic E-state index is 14.6. The number of allylic oxidation sites excluding steroid dienone is 2. The molecule has 0 aliphatic rings. The van der Waals surface area contributed by atoms with E-state index in [1.165, 1.54) is 24.4 Å². The number of nitrogens with zero attached hydrogens (tertiary/aromatic N) is 1. The fourth-order valence-electron chi connectivity index (χ4n) is 4.91. The number of H-pyrrole nitrogens is 1. The lowest BCUT2D eigenvalue weighted by Crippen LogP contribution is -2.32. The average molecular weight is 573 g/mol. The molecule has 0 unspecified atom stereocenters. The van der Waals surface area contributed by atoms with Crippen molar-refractivity contribution in [3.05, 3.63) is 113 Å². The zero-order valence-electron chi connectivity index (χ0n) is 23.3. The number of benzene rings is 2. The van der Waals surface area contributed by atoms with E-state index in [9.17, 15) is 18.0 Å². The summed E-state index contributed by atoms with van der Waals surface area (Å²) in [5, 5.41) is 6.99. The predicted octanol–water partition coefficient (Wildman–Crippen LogP) is 7.29. The maximum Gasteiger partial charge on any atom is 0.301 e. The number of halogens is 3. The van der Waals surface area contributed by atoms with Gasteiger partial charge in [-0.15, -0.1) is 0 Å². The molecule has 0 radical (unpaired) electrons. The summed E-state index contributed by atoms with van der Waals surface area (Å²) in [7, 11) is 1.55. The summed E-state index contributed by atoms with van der Waals surface area (Å²) in [6, 6.07) is 14.1. The van der Waals surface area contributed by atoms with Gasteiger partial charge in [0.25, 0.3) is 5.91 Å². The van der Waals surface area contributed by atoms with Crippen molar-refractivity contribution in [3.8, 4) is 11.3 Å². The van der Waals surface area contributed by atoms with E-state index in [4.69, 9.17) is 4.42 Å². The summed E-state index contributed by atoms with van der Waals surface area (Å²) in [6.07, 6.45) is 10.3. The van der Waals surface area contributed by atoms with Gasteiger partial charge in [0.1, 0.15) is 22.9 Å². The lowest BCUT2D eigenvalue weighted by atomic mass is 9.99. The van der Waals surface area contributed by atoms with Crippen molar-refractivity contribution in [2.45, 2.75) is 25.7 Å². The number of nitrogens with one attached hydrogen (secondary N) is 3. The largest absolute Gasteiger partial charge is 0.454 e. The number of hydrogen-bond acceptors (Lipinski definition) is 4. The number of alkyl halides is 2. The molecule has 9 heteroatoms. The second-order valence-electron chi connectivity index (χ2n) is 9.89. The molecule has 0 aliphatic heterocycles. The number of furan rings is 1. The van der Waals surface area contributed by atoms with E-state index in [-0.39, 0.29) is 24.0 Å². The van der Waals surface area contributed by atoms with E-state index >= 15 is 0 Å². The standard InChI is InChI=1S/C33H31F3N4O2/c1-3-4-7-21(19-38-20-33(35,36)27-8-5-6-16-39-27)9-10-23-18-26-28(32(41)37-2)30(22-11-13-24(34)14-12-22)42-31(26)25-15-17-40-29(23)25/h4-9,11-18,38,40H,3,10,19-20H2,1-2H3,(H,37,41)/b7-4-,21-9+. The minimum Gasteiger partial charge on any atom is -0.454 e. The van der Waals surface area contributed by atoms with Gasteiger partial charge in [-0.05, 0) is 72.5 Å². The Labute approximate surface area is 241 Å². The molecule has 3 N–H and O–H groups in total. The third-order valence-electron chi connectivity index (χ3n) is 7.00. The number of aromatic nitrogens is 2. The maximum absolute atomic E-state index is 14.6. The lowest BCUT2D eigenvalue weighted by molar-refractivity contribution is -0.00676. The third-order valence-corrected chi connectivity index (χ3v) is 7.00. The van der Waals surface area contributed by atoms with Gasteiger partial charge in [0.2, 0.25) is 0 Å². The normalized spacial score (nSPS) is 12.5. The number of fused-ring (bicyclic) bond motifs is 3. The van der Waals surface area contributed by atoms with Crippen LogP contribution in [-0.4, -0.2) is 36.0 Å². The molecule has 5 aromatic rings. The van der Waals surface area contributed by atoms with Crippen molar-refractivity contribution in [2.24, 2.45) is 0 Å². The summed E-state index contributed by atoms with van der Waals surface area (Å²) in [4.78, 5) is 20.1. The fourth-order valence-corrected chi connectivity index (χ4v) is 4.91. The highest BCUT2D eigenvalue weighted by Gasteiger charge is 2.32. The molecule has 0 saturated heterocycles. The number of amides is 1. The molecular weight excluding hydrogens is 541 g/mol. The zero-order chi connectivity index (χ0) is 29.7. The highest BCUT2D eigenvalue weighted by molar-refractivity contribution is 6.17. The number of aromatic amines is 1. The van der Waals surface area contributed by atoms with Crippen molar-refractivity contribution < 1.29 is 22.4 Å². The minimum absolute atomic E-state index is 0.235. The van der Waals surface area contributed by atoms with Gasteiger partial charge in [-0.2, -0.15) is 8.78 Å². The van der Waals surface area contributed by atoms with Crippen LogP contribution in [-0.2, 0) is 12.3 Å². The molecule has 0 fully saturated rings. The molecule has 0 aliphatic carbocycles. The minimum atomic E-state index is -3.11. The Balaban J connectivity index is 1.48. The molecule has 5 rings (SSSR count). The van der Waals surface area contributed by atoms with E-state index in [2.05, 4.69) is 20.6 Å². The van der Waals surface area contributed by atoms with Gasteiger partial charge in [-0.3, -0.25) is 9.78 Å². The summed E-state index contributed by atoms with van der Waals surface area (Å²) in [6.45, 7) is 1.69. The Hall–Kier alpha value is -4.63. The first-order valence-electron chi connectivity index (χ1n) is 13.7. The Bertz CT molecular complexity index is 1750. The van der Waals surface area contributed by atoms with E-state index < -0.39 is 12.5 Å². The molecule has 0 saturated carbocycles. The molecule has 0 bridgehead atoms. The lowest BCUT2D eigenvalue weighted by Gasteiger charge is -2.16. The van der Waals surface area contributed by atoms with Gasteiger partial charge < -0.3 is 20.0 Å². The molecule has 1 amide bonds. The van der Waals surface area contributed by atoms with Crippen LogP contribution in [0.15, 0.2) is 95.2 Å². The summed E-state index contributed by atoms with van der Waals surface area (Å²) >= 11 is 0. The van der Waals surface area contributed by atoms with Gasteiger partial charge in [0, 0.05) is 42.3 Å². The monoisotopic (exact) mass is 572 g/mol. The molecule has 6 nitrogen and oxygen atoms in total. The number of hydrogen-bond donors (Lipinski definition) is 3. The Morgan fingerprint density at radius 2 is 1.93 bits per heavy atom. The van der Waals surface area contributed by atoms with Gasteiger partial charge >= 0.3 is 5.92 Å². The van der Waals surface area contributed by atoms with Crippen LogP contribution in [0.4, 0.5) is 13.2 Å². The van der Waals surface area contributed by atoms with Crippen molar-refractivity contribution >= 4 is 27.8 Å². The van der Waals surface area contributed by atoms with Gasteiger partial charge in [-0.1, -0.05) is 31.2 Å². The first-order valence-corrected chi connectivity index (χ1v) is 13.7. The Kier molecular flexibility index (Phi) is 8.59. The highest BCUT2D eigenvalue weighted by Crippen LogP contribution is 2.39. The molecular formula is C33H31F3N4O2. The zero-order valence-corrected chi connectivity index (χ0v) is 23.3. The van der Waals surface area contributed by atoms with Crippen molar-refractivity contribution in [1.82, 2.24) is 20.6 Å². The molecule has 3 aromatic heterocycles. The van der Waals surface area contributed by atoms with Crippen LogP contribution in [0.25, 0.3) is 33.2 Å². The van der Waals surface area contributed by atoms with Crippen LogP contribution in [0.2, 0.25) is 0 Å². The first-order chi connectivity index (χ1) is 20.3. The smallest absolute Gasteiger partial charge is 0.301 e. The second-order valence-corrected chi connectivity index (χ2v) is 9.89. The van der Waals surface area contributed by atoms with Crippen molar-refractivity contribution in [2.75, 3.05) is 20.1 Å². The fraction of sp³-hybridized carbons (Fsp3) is 0.212. The first kappa shape index (κ1) is 28.9. The van der Waals surface area contributed by atoms with Crippen LogP contribution < -0.4 is 10.6 Å². The van der Waals surface area contributed by atoms with E-state index in [1.54, 1.807) is 37.5 Å². The molecule has 42 heavy (non-hydrogen) atoms. The Morgan fingerprint density at radius 1 is 1.12 bits per heavy atom. The predicted molar refractivity (Wildman–Crippen MR) is 159 cm³/mol. The van der Waals surface area contributed by atoms with Crippen LogP contribution in [0.5, 0.6) is 0 Å². The SMILES string of the molecule is CC/C=C\C(=C/Cc1cc2c(C(=O)NC)c(-c3ccc(F)cc3)oc2c2cc[nH]c12)CNCC(F)(F)c1ccccn1. The van der Waals surface area contributed by atoms with E-state index in [0.29, 0.717) is 34.3 Å². The Morgan fingerprint density at radius 3 is 2.64 bits per heavy atom. The topological polar surface area (TPSA) is 83.0 Å². The van der Waals surface area contributed by atoms with Crippen molar-refractivity contribution in [3.63, 3.8) is 0 Å². The molecule has 2 aromatic carbocycles. The number of carbonyl (C=O) groups excluding carboxylic acids is 1. The molecule has 3 heterocycles.